The first kappa shape index (κ1) is 17.7. The molecule has 1 fully saturated rings. The number of carbonyl (C=O) groups excluding carboxylic acids is 2. The molecule has 0 radical (unpaired) electrons. The van der Waals surface area contributed by atoms with Crippen LogP contribution in [0.5, 0.6) is 0 Å². The largest absolute Gasteiger partial charge is 0.341 e. The van der Waals surface area contributed by atoms with Gasteiger partial charge >= 0.3 is 0 Å². The van der Waals surface area contributed by atoms with Gasteiger partial charge in [-0.2, -0.15) is 0 Å². The van der Waals surface area contributed by atoms with Gasteiger partial charge in [0, 0.05) is 24.4 Å². The van der Waals surface area contributed by atoms with Crippen molar-refractivity contribution in [3.8, 4) is 0 Å². The maximum Gasteiger partial charge on any atom is 0.249 e. The van der Waals surface area contributed by atoms with E-state index in [1.807, 2.05) is 36.1 Å². The molecule has 0 spiro atoms. The first-order valence-electron chi connectivity index (χ1n) is 9.16. The Balaban J connectivity index is 1.55. The predicted molar refractivity (Wildman–Crippen MR) is 99.5 cm³/mol. The number of rotatable bonds is 5. The van der Waals surface area contributed by atoms with E-state index in [0.717, 1.165) is 31.7 Å². The fourth-order valence-electron chi connectivity index (χ4n) is 3.71. The van der Waals surface area contributed by atoms with E-state index in [-0.39, 0.29) is 17.9 Å². The van der Waals surface area contributed by atoms with E-state index in [0.29, 0.717) is 0 Å². The minimum absolute atomic E-state index is 0.0567. The van der Waals surface area contributed by atoms with E-state index < -0.39 is 6.04 Å². The van der Waals surface area contributed by atoms with E-state index >= 15 is 0 Å². The highest BCUT2D eigenvalue weighted by molar-refractivity contribution is 6.02. The van der Waals surface area contributed by atoms with Gasteiger partial charge in [0.05, 0.1) is 0 Å². The fraction of sp³-hybridized carbons (Fsp3) is 0.500. The molecule has 2 aliphatic heterocycles. The van der Waals surface area contributed by atoms with Crippen LogP contribution in [0.15, 0.2) is 36.4 Å². The number of hydrogen-bond acceptors (Lipinski definition) is 3. The van der Waals surface area contributed by atoms with Crippen molar-refractivity contribution in [1.82, 2.24) is 10.2 Å². The first-order valence-corrected chi connectivity index (χ1v) is 9.16. The van der Waals surface area contributed by atoms with Crippen molar-refractivity contribution >= 4 is 17.5 Å². The summed E-state index contributed by atoms with van der Waals surface area (Å²) in [6.07, 6.45) is 6.76. The molecule has 1 aromatic rings. The molecule has 134 valence electrons. The summed E-state index contributed by atoms with van der Waals surface area (Å²) in [6.45, 7) is 6.80. The number of amides is 2. The lowest BCUT2D eigenvalue weighted by Gasteiger charge is -2.26. The second-order valence-electron chi connectivity index (χ2n) is 7.03. The molecule has 2 aliphatic rings. The molecule has 2 heterocycles. The Morgan fingerprint density at radius 1 is 1.28 bits per heavy atom. The molecule has 5 heteroatoms. The van der Waals surface area contributed by atoms with Gasteiger partial charge in [-0.15, -0.1) is 0 Å². The Morgan fingerprint density at radius 3 is 2.76 bits per heavy atom. The highest BCUT2D eigenvalue weighted by atomic mass is 16.2. The van der Waals surface area contributed by atoms with Gasteiger partial charge in [0.25, 0.3) is 0 Å². The zero-order chi connectivity index (χ0) is 17.8. The third-order valence-corrected chi connectivity index (χ3v) is 5.01. The second kappa shape index (κ2) is 7.83. The molecule has 2 atom stereocenters. The van der Waals surface area contributed by atoms with Crippen molar-refractivity contribution < 1.29 is 9.59 Å². The summed E-state index contributed by atoms with van der Waals surface area (Å²) < 4.78 is 0. The van der Waals surface area contributed by atoms with Crippen molar-refractivity contribution in [3.05, 3.63) is 42.0 Å². The van der Waals surface area contributed by atoms with Gasteiger partial charge in [-0.25, -0.2) is 0 Å². The summed E-state index contributed by atoms with van der Waals surface area (Å²) in [4.78, 5) is 29.0. The number of benzene rings is 1. The Labute approximate surface area is 149 Å². The minimum atomic E-state index is -0.544. The summed E-state index contributed by atoms with van der Waals surface area (Å²) in [6, 6.07) is 7.55. The predicted octanol–water partition coefficient (Wildman–Crippen LogP) is 2.12. The average molecular weight is 341 g/mol. The summed E-state index contributed by atoms with van der Waals surface area (Å²) >= 11 is 0. The van der Waals surface area contributed by atoms with Crippen LogP contribution < -0.4 is 10.2 Å². The summed E-state index contributed by atoms with van der Waals surface area (Å²) in [5.41, 5.74) is 2.15. The Morgan fingerprint density at radius 2 is 2.00 bits per heavy atom. The number of para-hydroxylation sites is 1. The third-order valence-electron chi connectivity index (χ3n) is 5.01. The maximum atomic E-state index is 12.8. The van der Waals surface area contributed by atoms with Crippen molar-refractivity contribution in [2.75, 3.05) is 24.5 Å². The summed E-state index contributed by atoms with van der Waals surface area (Å²) in [7, 11) is 0. The van der Waals surface area contributed by atoms with Crippen LogP contribution in [0, 0.1) is 0 Å². The van der Waals surface area contributed by atoms with E-state index in [2.05, 4.69) is 16.3 Å². The van der Waals surface area contributed by atoms with E-state index in [1.54, 1.807) is 13.0 Å². The number of nitrogens with zero attached hydrogens (tertiary/aromatic N) is 2. The van der Waals surface area contributed by atoms with Crippen molar-refractivity contribution in [1.29, 1.82) is 0 Å². The van der Waals surface area contributed by atoms with Gasteiger partial charge < -0.3 is 10.2 Å². The second-order valence-corrected chi connectivity index (χ2v) is 7.03. The molecule has 1 aromatic carbocycles. The Hall–Kier alpha value is -2.14. The highest BCUT2D eigenvalue weighted by Crippen LogP contribution is 2.32. The van der Waals surface area contributed by atoms with Crippen LogP contribution in [-0.4, -0.2) is 48.4 Å². The fourth-order valence-corrected chi connectivity index (χ4v) is 3.71. The van der Waals surface area contributed by atoms with Crippen LogP contribution in [0.2, 0.25) is 0 Å². The number of likely N-dealkylation sites (tertiary alicyclic amines) is 1. The molecule has 0 aromatic heterocycles. The summed E-state index contributed by atoms with van der Waals surface area (Å²) in [5.74, 6) is -0.265. The smallest absolute Gasteiger partial charge is 0.249 e. The molecule has 2 unspecified atom stereocenters. The van der Waals surface area contributed by atoms with Crippen LogP contribution in [0.25, 0.3) is 0 Å². The van der Waals surface area contributed by atoms with Gasteiger partial charge in [-0.3, -0.25) is 14.5 Å². The van der Waals surface area contributed by atoms with E-state index in [1.165, 1.54) is 18.4 Å². The number of hydrogen-bond donors (Lipinski definition) is 1. The highest BCUT2D eigenvalue weighted by Gasteiger charge is 2.33. The van der Waals surface area contributed by atoms with Crippen molar-refractivity contribution in [2.45, 2.75) is 45.2 Å². The van der Waals surface area contributed by atoms with E-state index in [9.17, 15) is 9.59 Å². The zero-order valence-electron chi connectivity index (χ0n) is 15.1. The third kappa shape index (κ3) is 4.10. The van der Waals surface area contributed by atoms with Crippen LogP contribution in [-0.2, 0) is 16.0 Å². The molecule has 25 heavy (non-hydrogen) atoms. The number of carbonyl (C=O) groups is 2. The Bertz CT molecular complexity index is 665. The molecule has 0 bridgehead atoms. The number of nitrogens with one attached hydrogen (secondary N) is 1. The average Bonchev–Trinajstić information content (AvgIpc) is 3.20. The van der Waals surface area contributed by atoms with Crippen molar-refractivity contribution in [3.63, 3.8) is 0 Å². The van der Waals surface area contributed by atoms with Crippen LogP contribution in [0.4, 0.5) is 5.69 Å². The molecule has 1 saturated heterocycles. The maximum absolute atomic E-state index is 12.8. The van der Waals surface area contributed by atoms with Crippen LogP contribution in [0.3, 0.4) is 0 Å². The topological polar surface area (TPSA) is 52.7 Å². The quantitative estimate of drug-likeness (QED) is 0.835. The van der Waals surface area contributed by atoms with E-state index in [4.69, 9.17) is 0 Å². The molecule has 0 saturated carbocycles. The molecule has 1 N–H and O–H groups in total. The molecule has 0 aliphatic carbocycles. The SMILES string of the molecule is CC(NC(=O)/C=C/CN1CCCC1)C(=O)N1c2ccccc2CC1C. The van der Waals surface area contributed by atoms with Gasteiger partial charge in [-0.05, 0) is 57.8 Å². The van der Waals surface area contributed by atoms with Gasteiger partial charge in [-0.1, -0.05) is 24.3 Å². The van der Waals surface area contributed by atoms with Gasteiger partial charge in [0.1, 0.15) is 6.04 Å². The monoisotopic (exact) mass is 341 g/mol. The molecular weight excluding hydrogens is 314 g/mol. The minimum Gasteiger partial charge on any atom is -0.341 e. The molecule has 3 rings (SSSR count). The lowest BCUT2D eigenvalue weighted by atomic mass is 10.1. The summed E-state index contributed by atoms with van der Waals surface area (Å²) in [5, 5.41) is 2.80. The molecule has 5 nitrogen and oxygen atoms in total. The number of fused-ring (bicyclic) bond motifs is 1. The lowest BCUT2D eigenvalue weighted by Crippen LogP contribution is -2.48. The van der Waals surface area contributed by atoms with Crippen LogP contribution >= 0.6 is 0 Å². The van der Waals surface area contributed by atoms with Gasteiger partial charge in [0.15, 0.2) is 0 Å². The van der Waals surface area contributed by atoms with Crippen LogP contribution in [0.1, 0.15) is 32.3 Å². The number of anilines is 1. The normalized spacial score (nSPS) is 21.5. The van der Waals surface area contributed by atoms with Gasteiger partial charge in [0.2, 0.25) is 11.8 Å². The zero-order valence-corrected chi connectivity index (χ0v) is 15.1. The molecule has 2 amide bonds. The Kier molecular flexibility index (Phi) is 5.53. The molecular formula is C20H27N3O2. The lowest BCUT2D eigenvalue weighted by molar-refractivity contribution is -0.125. The standard InChI is InChI=1S/C20H27N3O2/c1-15-14-17-8-3-4-9-18(17)23(15)20(25)16(2)21-19(24)10-7-13-22-11-5-6-12-22/h3-4,7-10,15-16H,5-6,11-14H2,1-2H3,(H,21,24)/b10-7+. The first-order chi connectivity index (χ1) is 12.1. The van der Waals surface area contributed by atoms with Crippen molar-refractivity contribution in [2.24, 2.45) is 0 Å².